The Bertz CT molecular complexity index is 1040. The number of nitrogens with zero attached hydrogens (tertiary/aromatic N) is 9. The Morgan fingerprint density at radius 1 is 1.00 bits per heavy atom. The Labute approximate surface area is 142 Å². The number of rotatable bonds is 2. The minimum absolute atomic E-state index is 0.766. The van der Waals surface area contributed by atoms with Gasteiger partial charge in [-0.25, -0.2) is 9.97 Å². The van der Waals surface area contributed by atoms with Gasteiger partial charge in [-0.15, -0.1) is 15.3 Å². The lowest BCUT2D eigenvalue weighted by atomic mass is 10.2. The quantitative estimate of drug-likeness (QED) is 0.562. The molecule has 5 rings (SSSR count). The maximum Gasteiger partial charge on any atom is 0.178 e. The third-order valence-corrected chi connectivity index (χ3v) is 4.53. The van der Waals surface area contributed by atoms with Crippen LogP contribution in [-0.4, -0.2) is 66.2 Å². The number of hydrogen-bond donors (Lipinski definition) is 1. The van der Waals surface area contributed by atoms with Gasteiger partial charge in [-0.05, 0) is 19.1 Å². The van der Waals surface area contributed by atoms with Crippen LogP contribution in [0.1, 0.15) is 5.82 Å². The Hall–Kier alpha value is -3.30. The van der Waals surface area contributed by atoms with Crippen molar-refractivity contribution in [3.63, 3.8) is 0 Å². The molecule has 0 unspecified atom stereocenters. The Kier molecular flexibility index (Phi) is 3.02. The monoisotopic (exact) mass is 336 g/mol. The Morgan fingerprint density at radius 3 is 2.72 bits per heavy atom. The zero-order valence-electron chi connectivity index (χ0n) is 13.7. The van der Waals surface area contributed by atoms with Crippen molar-refractivity contribution >= 4 is 28.3 Å². The van der Waals surface area contributed by atoms with E-state index in [1.54, 1.807) is 17.0 Å². The van der Waals surface area contributed by atoms with Gasteiger partial charge in [-0.2, -0.15) is 9.61 Å². The van der Waals surface area contributed by atoms with Crippen LogP contribution in [0.2, 0.25) is 0 Å². The zero-order chi connectivity index (χ0) is 16.8. The molecule has 0 atom stereocenters. The molecule has 0 aliphatic carbocycles. The highest BCUT2D eigenvalue weighted by Gasteiger charge is 2.21. The zero-order valence-corrected chi connectivity index (χ0v) is 13.7. The van der Waals surface area contributed by atoms with Gasteiger partial charge in [0.15, 0.2) is 17.1 Å². The molecule has 0 saturated carbocycles. The molecular formula is C15H16N10. The molecule has 126 valence electrons. The van der Waals surface area contributed by atoms with E-state index in [2.05, 4.69) is 45.3 Å². The number of piperazine rings is 1. The lowest BCUT2D eigenvalue weighted by molar-refractivity contribution is 0.636. The molecule has 1 N–H and O–H groups in total. The summed E-state index contributed by atoms with van der Waals surface area (Å²) in [5.41, 5.74) is 1.53. The smallest absolute Gasteiger partial charge is 0.178 e. The van der Waals surface area contributed by atoms with Crippen molar-refractivity contribution in [1.29, 1.82) is 0 Å². The molecule has 10 heteroatoms. The Morgan fingerprint density at radius 2 is 1.84 bits per heavy atom. The summed E-state index contributed by atoms with van der Waals surface area (Å²) in [7, 11) is 0. The van der Waals surface area contributed by atoms with Crippen molar-refractivity contribution < 1.29 is 0 Å². The van der Waals surface area contributed by atoms with Crippen LogP contribution < -0.4 is 9.80 Å². The first kappa shape index (κ1) is 14.1. The highest BCUT2D eigenvalue weighted by Crippen LogP contribution is 2.23. The summed E-state index contributed by atoms with van der Waals surface area (Å²) < 4.78 is 1.78. The van der Waals surface area contributed by atoms with Crippen LogP contribution in [0.5, 0.6) is 0 Å². The number of anilines is 2. The predicted octanol–water partition coefficient (Wildman–Crippen LogP) is 0.426. The van der Waals surface area contributed by atoms with Crippen molar-refractivity contribution in [2.45, 2.75) is 6.92 Å². The van der Waals surface area contributed by atoms with Crippen LogP contribution in [0.3, 0.4) is 0 Å². The molecule has 5 heterocycles. The molecular weight excluding hydrogens is 320 g/mol. The normalized spacial score (nSPS) is 15.4. The average Bonchev–Trinajstić information content (AvgIpc) is 3.28. The maximum atomic E-state index is 4.66. The highest BCUT2D eigenvalue weighted by atomic mass is 15.4. The van der Waals surface area contributed by atoms with Crippen LogP contribution in [0.4, 0.5) is 11.6 Å². The van der Waals surface area contributed by atoms with Crippen LogP contribution in [0.15, 0.2) is 24.7 Å². The molecule has 10 nitrogen and oxygen atoms in total. The number of aromatic nitrogens is 8. The van der Waals surface area contributed by atoms with Crippen LogP contribution in [0.25, 0.3) is 16.7 Å². The van der Waals surface area contributed by atoms with Crippen LogP contribution in [0, 0.1) is 6.92 Å². The van der Waals surface area contributed by atoms with Crippen LogP contribution >= 0.6 is 0 Å². The van der Waals surface area contributed by atoms with Gasteiger partial charge in [0.2, 0.25) is 0 Å². The first-order valence-corrected chi connectivity index (χ1v) is 8.12. The molecule has 4 aromatic heterocycles. The van der Waals surface area contributed by atoms with E-state index in [-0.39, 0.29) is 0 Å². The molecule has 4 aromatic rings. The number of aryl methyl sites for hydroxylation is 1. The fraction of sp³-hybridized carbons (Fsp3) is 0.333. The van der Waals surface area contributed by atoms with Gasteiger partial charge in [0.25, 0.3) is 0 Å². The average molecular weight is 336 g/mol. The first-order valence-electron chi connectivity index (χ1n) is 8.12. The second kappa shape index (κ2) is 5.36. The number of aromatic amines is 1. The summed E-state index contributed by atoms with van der Waals surface area (Å²) in [5, 5.41) is 20.7. The molecule has 0 amide bonds. The van der Waals surface area contributed by atoms with Gasteiger partial charge in [-0.1, -0.05) is 0 Å². The molecule has 1 saturated heterocycles. The van der Waals surface area contributed by atoms with Gasteiger partial charge in [-0.3, -0.25) is 5.10 Å². The summed E-state index contributed by atoms with van der Waals surface area (Å²) >= 11 is 0. The molecule has 1 fully saturated rings. The SMILES string of the molecule is Cc1nnc2ccc(N3CCN(c4ncnc5[nH]ncc45)CC3)nn12. The fourth-order valence-corrected chi connectivity index (χ4v) is 3.21. The third-order valence-electron chi connectivity index (χ3n) is 4.53. The Balaban J connectivity index is 1.38. The summed E-state index contributed by atoms with van der Waals surface area (Å²) in [4.78, 5) is 13.2. The van der Waals surface area contributed by atoms with E-state index >= 15 is 0 Å². The summed E-state index contributed by atoms with van der Waals surface area (Å²) in [6.07, 6.45) is 3.36. The van der Waals surface area contributed by atoms with Crippen molar-refractivity contribution in [1.82, 2.24) is 40.0 Å². The second-order valence-corrected chi connectivity index (χ2v) is 6.01. The highest BCUT2D eigenvalue weighted by molar-refractivity contribution is 5.86. The molecule has 0 aromatic carbocycles. The summed E-state index contributed by atoms with van der Waals surface area (Å²) in [6.45, 7) is 5.35. The molecule has 25 heavy (non-hydrogen) atoms. The number of hydrogen-bond acceptors (Lipinski definition) is 8. The molecule has 1 aliphatic rings. The van der Waals surface area contributed by atoms with E-state index in [0.29, 0.717) is 0 Å². The van der Waals surface area contributed by atoms with E-state index in [1.165, 1.54) is 0 Å². The molecule has 0 spiro atoms. The summed E-state index contributed by atoms with van der Waals surface area (Å²) in [6, 6.07) is 3.95. The first-order chi connectivity index (χ1) is 12.3. The maximum absolute atomic E-state index is 4.66. The van der Waals surface area contributed by atoms with Gasteiger partial charge in [0, 0.05) is 26.2 Å². The van der Waals surface area contributed by atoms with Crippen molar-refractivity contribution in [2.75, 3.05) is 36.0 Å². The topological polar surface area (TPSA) is 104 Å². The largest absolute Gasteiger partial charge is 0.352 e. The fourth-order valence-electron chi connectivity index (χ4n) is 3.21. The van der Waals surface area contributed by atoms with E-state index in [4.69, 9.17) is 0 Å². The van der Waals surface area contributed by atoms with Gasteiger partial charge < -0.3 is 9.80 Å². The number of fused-ring (bicyclic) bond motifs is 2. The van der Waals surface area contributed by atoms with Crippen LogP contribution in [-0.2, 0) is 0 Å². The van der Waals surface area contributed by atoms with Crippen molar-refractivity contribution in [3.05, 3.63) is 30.5 Å². The molecule has 0 bridgehead atoms. The van der Waals surface area contributed by atoms with Gasteiger partial charge in [0.1, 0.15) is 18.0 Å². The van der Waals surface area contributed by atoms with Gasteiger partial charge >= 0.3 is 0 Å². The van der Waals surface area contributed by atoms with Crippen molar-refractivity contribution in [2.24, 2.45) is 0 Å². The minimum atomic E-state index is 0.766. The van der Waals surface area contributed by atoms with Crippen molar-refractivity contribution in [3.8, 4) is 0 Å². The predicted molar refractivity (Wildman–Crippen MR) is 91.6 cm³/mol. The van der Waals surface area contributed by atoms with E-state index in [9.17, 15) is 0 Å². The van der Waals surface area contributed by atoms with E-state index in [1.807, 2.05) is 19.1 Å². The minimum Gasteiger partial charge on any atom is -0.352 e. The third kappa shape index (κ3) is 2.25. The number of H-pyrrole nitrogens is 1. The van der Waals surface area contributed by atoms with E-state index in [0.717, 1.165) is 60.3 Å². The van der Waals surface area contributed by atoms with E-state index < -0.39 is 0 Å². The molecule has 1 aliphatic heterocycles. The number of nitrogens with one attached hydrogen (secondary N) is 1. The summed E-state index contributed by atoms with van der Waals surface area (Å²) in [5.74, 6) is 2.65. The second-order valence-electron chi connectivity index (χ2n) is 6.01. The van der Waals surface area contributed by atoms with Gasteiger partial charge in [0.05, 0.1) is 11.6 Å². The lowest BCUT2D eigenvalue weighted by Gasteiger charge is -2.36. The molecule has 0 radical (unpaired) electrons. The standard InChI is InChI=1S/C15H16N10/c1-10-19-20-12-2-3-13(22-25(10)12)23-4-6-24(7-5-23)15-11-8-18-21-14(11)16-9-17-15/h2-3,8-9H,4-7H2,1H3,(H,16,17,18,21). The lowest BCUT2D eigenvalue weighted by Crippen LogP contribution is -2.47.